The first-order valence-electron chi connectivity index (χ1n) is 8.37. The molecule has 1 aliphatic heterocycles. The number of aromatic carboxylic acids is 1. The van der Waals surface area contributed by atoms with Crippen LogP contribution in [0.2, 0.25) is 0 Å². The van der Waals surface area contributed by atoms with E-state index in [1.54, 1.807) is 24.1 Å². The molecule has 0 amide bonds. The van der Waals surface area contributed by atoms with E-state index in [1.165, 1.54) is 0 Å². The minimum Gasteiger partial charge on any atom is -0.488 e. The highest BCUT2D eigenvalue weighted by molar-refractivity contribution is 5.99. The summed E-state index contributed by atoms with van der Waals surface area (Å²) >= 11 is 0. The van der Waals surface area contributed by atoms with E-state index < -0.39 is 5.97 Å². The highest BCUT2D eigenvalue weighted by Crippen LogP contribution is 2.33. The van der Waals surface area contributed by atoms with Gasteiger partial charge in [0.1, 0.15) is 11.9 Å². The summed E-state index contributed by atoms with van der Waals surface area (Å²) in [6.45, 7) is 0.510. The third kappa shape index (κ3) is 2.90. The van der Waals surface area contributed by atoms with Crippen LogP contribution in [0, 0.1) is 0 Å². The van der Waals surface area contributed by atoms with Crippen molar-refractivity contribution >= 4 is 11.8 Å². The van der Waals surface area contributed by atoms with Gasteiger partial charge in [-0.05, 0) is 11.6 Å². The number of rotatable bonds is 5. The zero-order valence-electron chi connectivity index (χ0n) is 14.3. The van der Waals surface area contributed by atoms with Gasteiger partial charge in [0.25, 0.3) is 0 Å². The van der Waals surface area contributed by atoms with Gasteiger partial charge in [-0.2, -0.15) is 0 Å². The Kier molecular flexibility index (Phi) is 4.08. The topological polar surface area (TPSA) is 75.8 Å². The van der Waals surface area contributed by atoms with Crippen molar-refractivity contribution in [2.45, 2.75) is 12.5 Å². The van der Waals surface area contributed by atoms with Crippen LogP contribution in [0.25, 0.3) is 11.3 Å². The molecule has 0 bridgehead atoms. The number of benzene rings is 2. The summed E-state index contributed by atoms with van der Waals surface area (Å²) in [7, 11) is 1.80. The molecule has 1 N–H and O–H groups in total. The van der Waals surface area contributed by atoms with Gasteiger partial charge in [0.2, 0.25) is 0 Å². The molecule has 0 spiro atoms. The Hall–Kier alpha value is -3.28. The lowest BCUT2D eigenvalue weighted by molar-refractivity contribution is 0.0697. The predicted octanol–water partition coefficient (Wildman–Crippen LogP) is 3.48. The van der Waals surface area contributed by atoms with Crippen LogP contribution in [-0.4, -0.2) is 35.9 Å². The average Bonchev–Trinajstić information content (AvgIpc) is 3.26. The van der Waals surface area contributed by atoms with Crippen LogP contribution in [0.1, 0.15) is 15.9 Å². The van der Waals surface area contributed by atoms with Crippen LogP contribution in [0.3, 0.4) is 0 Å². The van der Waals surface area contributed by atoms with Gasteiger partial charge in [-0.25, -0.2) is 4.79 Å². The number of aromatic nitrogens is 1. The molecule has 0 radical (unpaired) electrons. The lowest BCUT2D eigenvalue weighted by Gasteiger charge is -2.20. The summed E-state index contributed by atoms with van der Waals surface area (Å²) in [5.41, 5.74) is 1.91. The first kappa shape index (κ1) is 16.2. The summed E-state index contributed by atoms with van der Waals surface area (Å²) in [6.07, 6.45) is 0.725. The molecule has 0 saturated heterocycles. The van der Waals surface area contributed by atoms with E-state index in [9.17, 15) is 9.90 Å². The molecule has 2 aromatic carbocycles. The van der Waals surface area contributed by atoms with E-state index >= 15 is 0 Å². The van der Waals surface area contributed by atoms with Gasteiger partial charge < -0.3 is 19.3 Å². The van der Waals surface area contributed by atoms with Crippen molar-refractivity contribution in [1.82, 2.24) is 5.16 Å². The fourth-order valence-corrected chi connectivity index (χ4v) is 3.27. The number of anilines is 1. The van der Waals surface area contributed by atoms with E-state index in [4.69, 9.17) is 9.26 Å². The fraction of sp³-hybridized carbons (Fsp3) is 0.200. The Morgan fingerprint density at radius 3 is 2.65 bits per heavy atom. The third-order valence-corrected chi connectivity index (χ3v) is 4.48. The summed E-state index contributed by atoms with van der Waals surface area (Å²) < 4.78 is 11.3. The summed E-state index contributed by atoms with van der Waals surface area (Å²) in [5.74, 6) is 0.378. The van der Waals surface area contributed by atoms with Gasteiger partial charge in [-0.15, -0.1) is 0 Å². The molecule has 3 aromatic rings. The van der Waals surface area contributed by atoms with Crippen molar-refractivity contribution in [2.24, 2.45) is 0 Å². The van der Waals surface area contributed by atoms with E-state index in [2.05, 4.69) is 5.16 Å². The molecule has 1 unspecified atom stereocenters. The standard InChI is InChI=1S/C20H18N2O4/c1-22(12-15-11-14-9-5-6-10-16(14)25-15)19-17(20(23)24)18(26-21-19)13-7-3-2-4-8-13/h2-10,15H,11-12H2,1H3,(H,23,24). The molecule has 1 atom stereocenters. The van der Waals surface area contributed by atoms with Crippen LogP contribution < -0.4 is 9.64 Å². The zero-order chi connectivity index (χ0) is 18.1. The van der Waals surface area contributed by atoms with Crippen molar-refractivity contribution in [3.05, 3.63) is 65.7 Å². The van der Waals surface area contributed by atoms with Gasteiger partial charge in [0, 0.05) is 19.0 Å². The number of carbonyl (C=O) groups is 1. The number of hydrogen-bond donors (Lipinski definition) is 1. The first-order chi connectivity index (χ1) is 12.6. The van der Waals surface area contributed by atoms with E-state index in [0.717, 1.165) is 17.7 Å². The largest absolute Gasteiger partial charge is 0.488 e. The molecule has 132 valence electrons. The lowest BCUT2D eigenvalue weighted by Crippen LogP contribution is -2.33. The van der Waals surface area contributed by atoms with E-state index in [-0.39, 0.29) is 17.4 Å². The Bertz CT molecular complexity index is 911. The van der Waals surface area contributed by atoms with E-state index in [1.807, 2.05) is 42.5 Å². The summed E-state index contributed by atoms with van der Waals surface area (Å²) in [5, 5.41) is 13.7. The Balaban J connectivity index is 1.58. The maximum Gasteiger partial charge on any atom is 0.343 e. The number of ether oxygens (including phenoxy) is 1. The average molecular weight is 350 g/mol. The molecular formula is C20H18N2O4. The van der Waals surface area contributed by atoms with Crippen LogP contribution in [0.5, 0.6) is 5.75 Å². The number of likely N-dealkylation sites (N-methyl/N-ethyl adjacent to an activating group) is 1. The van der Waals surface area contributed by atoms with E-state index in [0.29, 0.717) is 17.9 Å². The van der Waals surface area contributed by atoms with Crippen molar-refractivity contribution < 1.29 is 19.2 Å². The van der Waals surface area contributed by atoms with Crippen molar-refractivity contribution in [1.29, 1.82) is 0 Å². The second kappa shape index (κ2) is 6.55. The number of hydrogen-bond acceptors (Lipinski definition) is 5. The minimum atomic E-state index is -1.07. The zero-order valence-corrected chi connectivity index (χ0v) is 14.3. The number of carboxylic acids is 1. The highest BCUT2D eigenvalue weighted by Gasteiger charge is 2.29. The Morgan fingerprint density at radius 2 is 1.92 bits per heavy atom. The predicted molar refractivity (Wildman–Crippen MR) is 96.7 cm³/mol. The molecule has 0 saturated carbocycles. The Labute approximate surface area is 150 Å². The summed E-state index contributed by atoms with van der Waals surface area (Å²) in [6, 6.07) is 17.0. The number of para-hydroxylation sites is 1. The maximum atomic E-state index is 11.8. The van der Waals surface area contributed by atoms with Crippen molar-refractivity contribution in [3.8, 4) is 17.1 Å². The van der Waals surface area contributed by atoms with Gasteiger partial charge in [-0.3, -0.25) is 0 Å². The number of fused-ring (bicyclic) bond motifs is 1. The monoisotopic (exact) mass is 350 g/mol. The molecule has 1 aliphatic rings. The quantitative estimate of drug-likeness (QED) is 0.759. The number of nitrogens with zero attached hydrogens (tertiary/aromatic N) is 2. The van der Waals surface area contributed by atoms with Crippen LogP contribution in [0.15, 0.2) is 59.1 Å². The second-order valence-electron chi connectivity index (χ2n) is 6.31. The summed E-state index contributed by atoms with van der Waals surface area (Å²) in [4.78, 5) is 13.6. The normalized spacial score (nSPS) is 15.3. The molecular weight excluding hydrogens is 332 g/mol. The molecule has 4 rings (SSSR count). The van der Waals surface area contributed by atoms with Gasteiger partial charge in [-0.1, -0.05) is 53.7 Å². The highest BCUT2D eigenvalue weighted by atomic mass is 16.5. The van der Waals surface area contributed by atoms with Crippen LogP contribution >= 0.6 is 0 Å². The lowest BCUT2D eigenvalue weighted by atomic mass is 10.1. The molecule has 2 heterocycles. The van der Waals surface area contributed by atoms with Crippen LogP contribution in [0.4, 0.5) is 5.82 Å². The van der Waals surface area contributed by atoms with Crippen molar-refractivity contribution in [2.75, 3.05) is 18.5 Å². The molecule has 26 heavy (non-hydrogen) atoms. The first-order valence-corrected chi connectivity index (χ1v) is 8.37. The molecule has 0 fully saturated rings. The van der Waals surface area contributed by atoms with Gasteiger partial charge in [0.05, 0.1) is 6.54 Å². The Morgan fingerprint density at radius 1 is 1.19 bits per heavy atom. The van der Waals surface area contributed by atoms with Crippen molar-refractivity contribution in [3.63, 3.8) is 0 Å². The number of carboxylic acid groups (broad SMARTS) is 1. The SMILES string of the molecule is CN(CC1Cc2ccccc2O1)c1noc(-c2ccccc2)c1C(=O)O. The van der Waals surface area contributed by atoms with Gasteiger partial charge >= 0.3 is 5.97 Å². The maximum absolute atomic E-state index is 11.8. The molecule has 0 aliphatic carbocycles. The van der Waals surface area contributed by atoms with Gasteiger partial charge in [0.15, 0.2) is 17.1 Å². The fourth-order valence-electron chi connectivity index (χ4n) is 3.27. The molecule has 6 nitrogen and oxygen atoms in total. The molecule has 6 heteroatoms. The minimum absolute atomic E-state index is 0.0593. The second-order valence-corrected chi connectivity index (χ2v) is 6.31. The molecule has 1 aromatic heterocycles. The van der Waals surface area contributed by atoms with Crippen LogP contribution in [-0.2, 0) is 6.42 Å². The third-order valence-electron chi connectivity index (χ3n) is 4.48. The smallest absolute Gasteiger partial charge is 0.343 e.